The molecular weight excluding hydrogens is 244 g/mol. The van der Waals surface area contributed by atoms with E-state index in [0.29, 0.717) is 0 Å². The molecule has 0 bridgehead atoms. The average molecular weight is 255 g/mol. The number of hydrogen-bond acceptors (Lipinski definition) is 3. The van der Waals surface area contributed by atoms with E-state index in [4.69, 9.17) is 11.6 Å². The number of rotatable bonds is 4. The van der Waals surface area contributed by atoms with Gasteiger partial charge in [0.1, 0.15) is 5.56 Å². The molecule has 1 amide bonds. The van der Waals surface area contributed by atoms with Crippen LogP contribution in [0.4, 0.5) is 5.69 Å². The van der Waals surface area contributed by atoms with Crippen LogP contribution in [0.1, 0.15) is 15.9 Å². The molecule has 0 aliphatic rings. The van der Waals surface area contributed by atoms with Gasteiger partial charge >= 0.3 is 0 Å². The van der Waals surface area contributed by atoms with Gasteiger partial charge in [-0.15, -0.1) is 0 Å². The van der Waals surface area contributed by atoms with E-state index in [-0.39, 0.29) is 22.8 Å². The Kier molecular flexibility index (Phi) is 4.23. The number of hydrogen-bond donors (Lipinski definition) is 1. The van der Waals surface area contributed by atoms with Gasteiger partial charge in [-0.1, -0.05) is 24.2 Å². The molecule has 0 saturated heterocycles. The van der Waals surface area contributed by atoms with Crippen molar-refractivity contribution in [2.75, 3.05) is 6.54 Å². The number of nitro groups is 1. The van der Waals surface area contributed by atoms with Crippen LogP contribution in [0.15, 0.2) is 29.8 Å². The molecule has 1 N–H and O–H groups in total. The number of aryl methyl sites for hydroxylation is 1. The number of amides is 1. The van der Waals surface area contributed by atoms with Crippen molar-refractivity contribution < 1.29 is 9.72 Å². The fourth-order valence-corrected chi connectivity index (χ4v) is 1.33. The first-order valence-corrected chi connectivity index (χ1v) is 5.16. The maximum Gasteiger partial charge on any atom is 0.282 e. The highest BCUT2D eigenvalue weighted by Crippen LogP contribution is 2.19. The molecule has 0 aliphatic heterocycles. The van der Waals surface area contributed by atoms with Crippen LogP contribution < -0.4 is 5.32 Å². The van der Waals surface area contributed by atoms with E-state index in [1.54, 1.807) is 13.0 Å². The van der Waals surface area contributed by atoms with E-state index in [2.05, 4.69) is 11.9 Å². The lowest BCUT2D eigenvalue weighted by Gasteiger charge is -2.05. The summed E-state index contributed by atoms with van der Waals surface area (Å²) in [5, 5.41) is 13.5. The first-order valence-electron chi connectivity index (χ1n) is 4.78. The topological polar surface area (TPSA) is 72.2 Å². The van der Waals surface area contributed by atoms with E-state index in [9.17, 15) is 14.9 Å². The summed E-state index contributed by atoms with van der Waals surface area (Å²) >= 11 is 5.50. The standard InChI is InChI=1S/C11H11ClN2O3/c1-7-3-4-10(14(16)17)9(5-7)11(15)13-6-8(2)12/h3-5H,2,6H2,1H3,(H,13,15). The van der Waals surface area contributed by atoms with Gasteiger partial charge in [0.15, 0.2) is 0 Å². The van der Waals surface area contributed by atoms with Gasteiger partial charge in [-0.05, 0) is 18.6 Å². The Morgan fingerprint density at radius 1 is 1.59 bits per heavy atom. The van der Waals surface area contributed by atoms with Crippen molar-refractivity contribution in [3.05, 3.63) is 51.1 Å². The van der Waals surface area contributed by atoms with Crippen molar-refractivity contribution in [2.45, 2.75) is 6.92 Å². The molecule has 17 heavy (non-hydrogen) atoms. The number of nitro benzene ring substituents is 1. The van der Waals surface area contributed by atoms with Gasteiger partial charge in [0.25, 0.3) is 11.6 Å². The van der Waals surface area contributed by atoms with Crippen molar-refractivity contribution in [1.82, 2.24) is 5.32 Å². The summed E-state index contributed by atoms with van der Waals surface area (Å²) < 4.78 is 0. The molecule has 1 aromatic carbocycles. The Labute approximate surface area is 103 Å². The molecule has 0 radical (unpaired) electrons. The largest absolute Gasteiger partial charge is 0.347 e. The molecule has 0 aliphatic carbocycles. The van der Waals surface area contributed by atoms with Crippen molar-refractivity contribution >= 4 is 23.2 Å². The summed E-state index contributed by atoms with van der Waals surface area (Å²) in [6, 6.07) is 4.35. The molecular formula is C11H11ClN2O3. The zero-order chi connectivity index (χ0) is 13.0. The summed E-state index contributed by atoms with van der Waals surface area (Å²) in [6.45, 7) is 5.24. The molecule has 0 fully saturated rings. The number of nitrogens with one attached hydrogen (secondary N) is 1. The minimum atomic E-state index is -0.593. The zero-order valence-corrected chi connectivity index (χ0v) is 9.95. The lowest BCUT2D eigenvalue weighted by Crippen LogP contribution is -2.25. The molecule has 90 valence electrons. The Morgan fingerprint density at radius 2 is 2.24 bits per heavy atom. The summed E-state index contributed by atoms with van der Waals surface area (Å²) in [5.74, 6) is -0.540. The van der Waals surface area contributed by atoms with Gasteiger partial charge in [-0.3, -0.25) is 14.9 Å². The normalized spacial score (nSPS) is 9.76. The smallest absolute Gasteiger partial charge is 0.282 e. The maximum atomic E-state index is 11.7. The van der Waals surface area contributed by atoms with Crippen LogP contribution in [0.3, 0.4) is 0 Å². The minimum Gasteiger partial charge on any atom is -0.347 e. The van der Waals surface area contributed by atoms with Gasteiger partial charge < -0.3 is 5.32 Å². The molecule has 5 nitrogen and oxygen atoms in total. The summed E-state index contributed by atoms with van der Waals surface area (Å²) in [4.78, 5) is 21.9. The SMILES string of the molecule is C=C(Cl)CNC(=O)c1cc(C)ccc1[N+](=O)[O-]. The third-order valence-electron chi connectivity index (χ3n) is 2.03. The van der Waals surface area contributed by atoms with Crippen LogP contribution in [-0.4, -0.2) is 17.4 Å². The summed E-state index contributed by atoms with van der Waals surface area (Å²) in [6.07, 6.45) is 0. The second-order valence-electron chi connectivity index (χ2n) is 3.48. The van der Waals surface area contributed by atoms with Crippen LogP contribution in [-0.2, 0) is 0 Å². The predicted octanol–water partition coefficient (Wildman–Crippen LogP) is 2.39. The Morgan fingerprint density at radius 3 is 2.76 bits per heavy atom. The second kappa shape index (κ2) is 5.45. The van der Waals surface area contributed by atoms with Gasteiger partial charge in [0.2, 0.25) is 0 Å². The quantitative estimate of drug-likeness (QED) is 0.662. The van der Waals surface area contributed by atoms with E-state index >= 15 is 0 Å². The highest BCUT2D eigenvalue weighted by molar-refractivity contribution is 6.29. The van der Waals surface area contributed by atoms with Crippen molar-refractivity contribution in [3.63, 3.8) is 0 Å². The third kappa shape index (κ3) is 3.57. The average Bonchev–Trinajstić information content (AvgIpc) is 2.25. The maximum absolute atomic E-state index is 11.7. The van der Waals surface area contributed by atoms with Gasteiger partial charge in [-0.2, -0.15) is 0 Å². The van der Waals surface area contributed by atoms with Crippen LogP contribution in [0.5, 0.6) is 0 Å². The molecule has 0 saturated carbocycles. The number of carbonyl (C=O) groups excluding carboxylic acids is 1. The monoisotopic (exact) mass is 254 g/mol. The number of halogens is 1. The molecule has 0 spiro atoms. The number of carbonyl (C=O) groups is 1. The minimum absolute atomic E-state index is 0.0212. The van der Waals surface area contributed by atoms with Crippen LogP contribution >= 0.6 is 11.6 Å². The Balaban J connectivity index is 3.02. The van der Waals surface area contributed by atoms with Crippen LogP contribution in [0.25, 0.3) is 0 Å². The predicted molar refractivity (Wildman–Crippen MR) is 65.2 cm³/mol. The molecule has 0 atom stereocenters. The van der Waals surface area contributed by atoms with Crippen molar-refractivity contribution in [2.24, 2.45) is 0 Å². The van der Waals surface area contributed by atoms with Gasteiger partial charge in [0, 0.05) is 11.1 Å². The lowest BCUT2D eigenvalue weighted by atomic mass is 10.1. The van der Waals surface area contributed by atoms with Crippen LogP contribution in [0.2, 0.25) is 0 Å². The van der Waals surface area contributed by atoms with Crippen molar-refractivity contribution in [1.29, 1.82) is 0 Å². The highest BCUT2D eigenvalue weighted by atomic mass is 35.5. The summed E-state index contributed by atoms with van der Waals surface area (Å²) in [5.41, 5.74) is 0.562. The van der Waals surface area contributed by atoms with Crippen LogP contribution in [0, 0.1) is 17.0 Å². The molecule has 6 heteroatoms. The fourth-order valence-electron chi connectivity index (χ4n) is 1.26. The molecule has 0 unspecified atom stereocenters. The first-order chi connectivity index (χ1) is 7.91. The van der Waals surface area contributed by atoms with E-state index in [1.165, 1.54) is 12.1 Å². The molecule has 0 aromatic heterocycles. The second-order valence-corrected chi connectivity index (χ2v) is 4.01. The Bertz CT molecular complexity index is 486. The molecule has 1 rings (SSSR count). The Hall–Kier alpha value is -1.88. The number of benzene rings is 1. The number of nitrogens with zero attached hydrogens (tertiary/aromatic N) is 1. The van der Waals surface area contributed by atoms with Gasteiger partial charge in [-0.25, -0.2) is 0 Å². The van der Waals surface area contributed by atoms with E-state index in [1.807, 2.05) is 0 Å². The van der Waals surface area contributed by atoms with E-state index in [0.717, 1.165) is 5.56 Å². The van der Waals surface area contributed by atoms with E-state index < -0.39 is 10.8 Å². The first kappa shape index (κ1) is 13.2. The third-order valence-corrected chi connectivity index (χ3v) is 2.17. The molecule has 0 heterocycles. The highest BCUT2D eigenvalue weighted by Gasteiger charge is 2.19. The van der Waals surface area contributed by atoms with Crippen molar-refractivity contribution in [3.8, 4) is 0 Å². The summed E-state index contributed by atoms with van der Waals surface area (Å²) in [7, 11) is 0. The fraction of sp³-hybridized carbons (Fsp3) is 0.182. The molecule has 1 aromatic rings. The lowest BCUT2D eigenvalue weighted by molar-refractivity contribution is -0.385. The zero-order valence-electron chi connectivity index (χ0n) is 9.20. The van der Waals surface area contributed by atoms with Gasteiger partial charge in [0.05, 0.1) is 11.5 Å².